The number of aliphatic hydroxyl groups excluding tert-OH is 1. The van der Waals surface area contributed by atoms with E-state index in [0.717, 1.165) is 12.1 Å². The number of halogens is 1. The third kappa shape index (κ3) is 3.18. The van der Waals surface area contributed by atoms with Crippen LogP contribution in [0.15, 0.2) is 17.0 Å². The van der Waals surface area contributed by atoms with Crippen molar-refractivity contribution >= 4 is 15.7 Å². The van der Waals surface area contributed by atoms with Gasteiger partial charge in [0, 0.05) is 13.1 Å². The summed E-state index contributed by atoms with van der Waals surface area (Å²) < 4.78 is 45.4. The highest BCUT2D eigenvalue weighted by Gasteiger charge is 2.34. The molecule has 3 N–H and O–H groups in total. The minimum Gasteiger partial charge on any atom is -0.396 e. The van der Waals surface area contributed by atoms with E-state index in [1.54, 1.807) is 6.92 Å². The number of ether oxygens (including phenoxy) is 1. The Kier molecular flexibility index (Phi) is 4.52. The molecule has 0 spiro atoms. The first-order valence-electron chi connectivity index (χ1n) is 6.57. The fraction of sp³-hybridized carbons (Fsp3) is 0.538. The molecule has 1 fully saturated rings. The number of anilines is 1. The first-order valence-corrected chi connectivity index (χ1v) is 8.01. The number of hydrogen-bond donors (Lipinski definition) is 2. The highest BCUT2D eigenvalue weighted by Crippen LogP contribution is 2.26. The summed E-state index contributed by atoms with van der Waals surface area (Å²) in [7, 11) is -3.81. The Morgan fingerprint density at radius 1 is 1.48 bits per heavy atom. The SMILES string of the molecule is Cc1cc(F)c(N)cc1S(=O)(=O)N1CC(C)OC(CO)C1. The third-order valence-corrected chi connectivity index (χ3v) is 5.38. The molecule has 2 unspecified atom stereocenters. The van der Waals surface area contributed by atoms with Gasteiger partial charge in [-0.1, -0.05) is 0 Å². The molecule has 1 heterocycles. The molecule has 0 bridgehead atoms. The Labute approximate surface area is 123 Å². The average molecular weight is 318 g/mol. The van der Waals surface area contributed by atoms with E-state index >= 15 is 0 Å². The summed E-state index contributed by atoms with van der Waals surface area (Å²) in [6.45, 7) is 3.22. The number of benzene rings is 1. The molecule has 1 aromatic rings. The lowest BCUT2D eigenvalue weighted by Gasteiger charge is -2.35. The van der Waals surface area contributed by atoms with Crippen LogP contribution < -0.4 is 5.73 Å². The van der Waals surface area contributed by atoms with Gasteiger partial charge < -0.3 is 15.6 Å². The van der Waals surface area contributed by atoms with E-state index in [1.165, 1.54) is 11.2 Å². The summed E-state index contributed by atoms with van der Waals surface area (Å²) in [4.78, 5) is -0.0211. The highest BCUT2D eigenvalue weighted by atomic mass is 32.2. The molecular formula is C13H19FN2O4S. The van der Waals surface area contributed by atoms with E-state index in [-0.39, 0.29) is 36.4 Å². The summed E-state index contributed by atoms with van der Waals surface area (Å²) in [5.74, 6) is -0.643. The second-order valence-corrected chi connectivity index (χ2v) is 7.12. The number of aliphatic hydroxyl groups is 1. The first kappa shape index (κ1) is 16.2. The minimum absolute atomic E-state index is 0.0211. The zero-order valence-corrected chi connectivity index (χ0v) is 12.7. The molecule has 8 heteroatoms. The molecule has 21 heavy (non-hydrogen) atoms. The number of rotatable bonds is 3. The normalized spacial score (nSPS) is 24.2. The lowest BCUT2D eigenvalue weighted by atomic mass is 10.2. The monoisotopic (exact) mass is 318 g/mol. The van der Waals surface area contributed by atoms with E-state index in [0.29, 0.717) is 5.56 Å². The van der Waals surface area contributed by atoms with Crippen molar-refractivity contribution in [2.45, 2.75) is 31.0 Å². The van der Waals surface area contributed by atoms with Crippen LogP contribution in [0, 0.1) is 12.7 Å². The topological polar surface area (TPSA) is 92.9 Å². The molecule has 0 amide bonds. The summed E-state index contributed by atoms with van der Waals surface area (Å²) in [6.07, 6.45) is -0.898. The molecule has 0 aliphatic carbocycles. The number of nitrogens with zero attached hydrogens (tertiary/aromatic N) is 1. The zero-order valence-electron chi connectivity index (χ0n) is 11.9. The Morgan fingerprint density at radius 3 is 2.76 bits per heavy atom. The summed E-state index contributed by atoms with van der Waals surface area (Å²) in [5, 5.41) is 9.18. The Hall–Kier alpha value is -1.22. The molecule has 1 aliphatic heterocycles. The molecule has 0 radical (unpaired) electrons. The van der Waals surface area contributed by atoms with Crippen LogP contribution in [0.1, 0.15) is 12.5 Å². The summed E-state index contributed by atoms with van der Waals surface area (Å²) in [6, 6.07) is 2.24. The molecule has 0 saturated carbocycles. The van der Waals surface area contributed by atoms with Crippen LogP contribution >= 0.6 is 0 Å². The lowest BCUT2D eigenvalue weighted by Crippen LogP contribution is -2.50. The maximum Gasteiger partial charge on any atom is 0.243 e. The van der Waals surface area contributed by atoms with Gasteiger partial charge in [0.05, 0.1) is 29.4 Å². The van der Waals surface area contributed by atoms with Crippen LogP contribution in [-0.4, -0.2) is 49.7 Å². The fourth-order valence-electron chi connectivity index (χ4n) is 2.39. The van der Waals surface area contributed by atoms with E-state index in [2.05, 4.69) is 0 Å². The average Bonchev–Trinajstić information content (AvgIpc) is 2.41. The number of sulfonamides is 1. The first-order chi connectivity index (χ1) is 9.75. The second kappa shape index (κ2) is 5.88. The van der Waals surface area contributed by atoms with Crippen molar-refractivity contribution in [3.05, 3.63) is 23.5 Å². The van der Waals surface area contributed by atoms with Gasteiger partial charge in [-0.25, -0.2) is 12.8 Å². The largest absolute Gasteiger partial charge is 0.396 e. The molecule has 1 saturated heterocycles. The van der Waals surface area contributed by atoms with Crippen LogP contribution in [0.4, 0.5) is 10.1 Å². The summed E-state index contributed by atoms with van der Waals surface area (Å²) in [5.41, 5.74) is 5.56. The molecule has 2 atom stereocenters. The third-order valence-electron chi connectivity index (χ3n) is 3.41. The molecule has 1 aliphatic rings. The predicted octanol–water partition coefficient (Wildman–Crippen LogP) is 0.487. The quantitative estimate of drug-likeness (QED) is 0.791. The lowest BCUT2D eigenvalue weighted by molar-refractivity contribution is -0.0750. The van der Waals surface area contributed by atoms with Gasteiger partial charge in [0.15, 0.2) is 0 Å². The zero-order chi connectivity index (χ0) is 15.8. The van der Waals surface area contributed by atoms with Crippen LogP contribution in [-0.2, 0) is 14.8 Å². The Balaban J connectivity index is 2.40. The molecule has 2 rings (SSSR count). The van der Waals surface area contributed by atoms with Crippen molar-refractivity contribution in [3.8, 4) is 0 Å². The number of nitrogens with two attached hydrogens (primary N) is 1. The van der Waals surface area contributed by atoms with Gasteiger partial charge >= 0.3 is 0 Å². The fourth-order valence-corrected chi connectivity index (χ4v) is 4.17. The standard InChI is InChI=1S/C13H19FN2O4S/c1-8-3-11(14)12(15)4-13(8)21(18,19)16-5-9(2)20-10(6-16)7-17/h3-4,9-10,17H,5-7,15H2,1-2H3. The predicted molar refractivity (Wildman–Crippen MR) is 75.7 cm³/mol. The van der Waals surface area contributed by atoms with Gasteiger partial charge in [0.25, 0.3) is 0 Å². The van der Waals surface area contributed by atoms with Crippen molar-refractivity contribution in [1.29, 1.82) is 0 Å². The van der Waals surface area contributed by atoms with Crippen LogP contribution in [0.5, 0.6) is 0 Å². The maximum atomic E-state index is 13.4. The highest BCUT2D eigenvalue weighted by molar-refractivity contribution is 7.89. The van der Waals surface area contributed by atoms with E-state index in [1.807, 2.05) is 0 Å². The van der Waals surface area contributed by atoms with Gasteiger partial charge in [-0.15, -0.1) is 0 Å². The van der Waals surface area contributed by atoms with Gasteiger partial charge in [0.2, 0.25) is 10.0 Å². The molecule has 118 valence electrons. The summed E-state index contributed by atoms with van der Waals surface area (Å²) >= 11 is 0. The Bertz CT molecular complexity index is 635. The van der Waals surface area contributed by atoms with Gasteiger partial charge in [0.1, 0.15) is 5.82 Å². The van der Waals surface area contributed by atoms with Crippen molar-refractivity contribution in [2.75, 3.05) is 25.4 Å². The maximum absolute atomic E-state index is 13.4. The Morgan fingerprint density at radius 2 is 2.14 bits per heavy atom. The van der Waals surface area contributed by atoms with E-state index < -0.39 is 21.9 Å². The van der Waals surface area contributed by atoms with E-state index in [4.69, 9.17) is 10.5 Å². The number of nitrogen functional groups attached to an aromatic ring is 1. The number of aryl methyl sites for hydroxylation is 1. The van der Waals surface area contributed by atoms with Crippen molar-refractivity contribution in [3.63, 3.8) is 0 Å². The number of hydrogen-bond acceptors (Lipinski definition) is 5. The van der Waals surface area contributed by atoms with Gasteiger partial charge in [-0.05, 0) is 31.5 Å². The van der Waals surface area contributed by atoms with Gasteiger partial charge in [-0.2, -0.15) is 4.31 Å². The van der Waals surface area contributed by atoms with E-state index in [9.17, 15) is 17.9 Å². The molecule has 1 aromatic carbocycles. The van der Waals surface area contributed by atoms with Crippen molar-refractivity contribution in [1.82, 2.24) is 4.31 Å². The van der Waals surface area contributed by atoms with Crippen LogP contribution in [0.2, 0.25) is 0 Å². The van der Waals surface area contributed by atoms with Crippen molar-refractivity contribution < 1.29 is 22.7 Å². The minimum atomic E-state index is -3.81. The van der Waals surface area contributed by atoms with Crippen molar-refractivity contribution in [2.24, 2.45) is 0 Å². The number of morpholine rings is 1. The smallest absolute Gasteiger partial charge is 0.243 e. The van der Waals surface area contributed by atoms with Crippen LogP contribution in [0.25, 0.3) is 0 Å². The molecular weight excluding hydrogens is 299 g/mol. The van der Waals surface area contributed by atoms with Crippen LogP contribution in [0.3, 0.4) is 0 Å². The molecule has 0 aromatic heterocycles. The van der Waals surface area contributed by atoms with Gasteiger partial charge in [-0.3, -0.25) is 0 Å². The molecule has 6 nitrogen and oxygen atoms in total. The second-order valence-electron chi connectivity index (χ2n) is 5.21.